The van der Waals surface area contributed by atoms with Gasteiger partial charge in [0.1, 0.15) is 0 Å². The maximum Gasteiger partial charge on any atom is 0.228 e. The molecule has 182 valence electrons. The lowest BCUT2D eigenvalue weighted by Crippen LogP contribution is -2.39. The van der Waals surface area contributed by atoms with Crippen molar-refractivity contribution in [2.24, 2.45) is 7.05 Å². The number of aromatic nitrogens is 2. The van der Waals surface area contributed by atoms with Crippen molar-refractivity contribution >= 4 is 17.5 Å². The van der Waals surface area contributed by atoms with Crippen LogP contribution in [-0.4, -0.2) is 69.1 Å². The lowest BCUT2D eigenvalue weighted by Gasteiger charge is -2.32. The Morgan fingerprint density at radius 2 is 2.14 bits per heavy atom. The number of likely N-dealkylation sites (N-methyl/N-ethyl adjacent to an activating group) is 1. The van der Waals surface area contributed by atoms with Crippen molar-refractivity contribution in [1.82, 2.24) is 19.4 Å². The maximum atomic E-state index is 13.5. The molecule has 0 spiro atoms. The van der Waals surface area contributed by atoms with Gasteiger partial charge in [0, 0.05) is 45.0 Å². The predicted octanol–water partition coefficient (Wildman–Crippen LogP) is 2.39. The number of nitrogens with one attached hydrogen (secondary N) is 1. The van der Waals surface area contributed by atoms with E-state index in [1.54, 1.807) is 6.33 Å². The molecule has 3 aromatic rings. The Morgan fingerprint density at radius 1 is 1.29 bits per heavy atom. The lowest BCUT2D eigenvalue weighted by atomic mass is 10.00. The molecule has 3 heterocycles. The van der Waals surface area contributed by atoms with Gasteiger partial charge in [-0.1, -0.05) is 30.3 Å². The minimum Gasteiger partial charge on any atom is -0.392 e. The molecule has 1 saturated heterocycles. The number of hydrogen-bond acceptors (Lipinski definition) is 5. The first-order valence-corrected chi connectivity index (χ1v) is 12.0. The number of rotatable bonds is 7. The highest BCUT2D eigenvalue weighted by atomic mass is 16.3. The third-order valence-electron chi connectivity index (χ3n) is 7.08. The summed E-state index contributed by atoms with van der Waals surface area (Å²) in [6.45, 7) is 2.07. The zero-order valence-corrected chi connectivity index (χ0v) is 20.1. The molecule has 8 heteroatoms. The van der Waals surface area contributed by atoms with Crippen LogP contribution in [0.15, 0.2) is 55.0 Å². The van der Waals surface area contributed by atoms with Crippen LogP contribution in [0.2, 0.25) is 0 Å². The Morgan fingerprint density at radius 3 is 2.89 bits per heavy atom. The molecule has 2 amide bonds. The highest BCUT2D eigenvalue weighted by Gasteiger charge is 2.29. The van der Waals surface area contributed by atoms with Crippen molar-refractivity contribution in [2.75, 3.05) is 32.0 Å². The van der Waals surface area contributed by atoms with E-state index in [4.69, 9.17) is 0 Å². The Hall–Kier alpha value is -3.49. The average molecular weight is 474 g/mol. The van der Waals surface area contributed by atoms with Gasteiger partial charge >= 0.3 is 0 Å². The summed E-state index contributed by atoms with van der Waals surface area (Å²) in [5.74, 6) is -0.00767. The summed E-state index contributed by atoms with van der Waals surface area (Å²) in [5.41, 5.74) is 5.75. The van der Waals surface area contributed by atoms with Crippen LogP contribution >= 0.6 is 0 Å². The zero-order chi connectivity index (χ0) is 24.5. The highest BCUT2D eigenvalue weighted by Crippen LogP contribution is 2.29. The van der Waals surface area contributed by atoms with Crippen LogP contribution in [0, 0.1) is 0 Å². The van der Waals surface area contributed by atoms with E-state index < -0.39 is 0 Å². The first kappa shape index (κ1) is 23.3. The van der Waals surface area contributed by atoms with Gasteiger partial charge in [-0.3, -0.25) is 14.5 Å². The molecule has 0 aliphatic carbocycles. The van der Waals surface area contributed by atoms with Crippen LogP contribution in [0.25, 0.3) is 11.3 Å². The number of β-amino-alcohol motifs (C(OH)–C–C–N with tert-alkyl or cyclic N) is 1. The van der Waals surface area contributed by atoms with E-state index in [9.17, 15) is 14.7 Å². The van der Waals surface area contributed by atoms with Gasteiger partial charge in [-0.05, 0) is 35.2 Å². The van der Waals surface area contributed by atoms with Crippen molar-refractivity contribution in [3.63, 3.8) is 0 Å². The number of likely N-dealkylation sites (tertiary alicyclic amines) is 1. The van der Waals surface area contributed by atoms with E-state index in [1.807, 2.05) is 54.0 Å². The average Bonchev–Trinajstić information content (AvgIpc) is 3.55. The molecule has 0 radical (unpaired) electrons. The number of imidazole rings is 1. The fourth-order valence-corrected chi connectivity index (χ4v) is 5.06. The molecule has 35 heavy (non-hydrogen) atoms. The minimum absolute atomic E-state index is 0.00459. The number of amides is 2. The molecule has 8 nitrogen and oxygen atoms in total. The van der Waals surface area contributed by atoms with Crippen LogP contribution in [0.4, 0.5) is 5.69 Å². The summed E-state index contributed by atoms with van der Waals surface area (Å²) in [7, 11) is 3.82. The number of anilines is 1. The minimum atomic E-state index is -0.320. The number of nitrogens with zero attached hydrogens (tertiary/aromatic N) is 4. The number of fused-ring (bicyclic) bond motifs is 1. The molecule has 0 bridgehead atoms. The number of aryl methyl sites for hydroxylation is 1. The van der Waals surface area contributed by atoms with E-state index in [-0.39, 0.29) is 30.4 Å². The Bertz CT molecular complexity index is 1250. The number of aliphatic hydroxyl groups excluding tert-OH is 1. The summed E-state index contributed by atoms with van der Waals surface area (Å²) in [4.78, 5) is 33.4. The smallest absolute Gasteiger partial charge is 0.228 e. The van der Waals surface area contributed by atoms with Crippen molar-refractivity contribution in [1.29, 1.82) is 0 Å². The van der Waals surface area contributed by atoms with Crippen molar-refractivity contribution in [2.45, 2.75) is 31.4 Å². The van der Waals surface area contributed by atoms with Gasteiger partial charge in [0.25, 0.3) is 0 Å². The Balaban J connectivity index is 1.40. The summed E-state index contributed by atoms with van der Waals surface area (Å²) < 4.78 is 1.98. The molecule has 2 atom stereocenters. The van der Waals surface area contributed by atoms with Gasteiger partial charge in [-0.15, -0.1) is 0 Å². The van der Waals surface area contributed by atoms with Gasteiger partial charge < -0.3 is 19.9 Å². The van der Waals surface area contributed by atoms with Crippen molar-refractivity contribution in [3.05, 3.63) is 71.7 Å². The maximum absolute atomic E-state index is 13.5. The van der Waals surface area contributed by atoms with Crippen molar-refractivity contribution < 1.29 is 14.7 Å². The normalized spacial score (nSPS) is 18.4. The monoisotopic (exact) mass is 473 g/mol. The number of hydrogen-bond donors (Lipinski definition) is 2. The molecule has 5 rings (SSSR count). The van der Waals surface area contributed by atoms with Crippen LogP contribution in [0.3, 0.4) is 0 Å². The summed E-state index contributed by atoms with van der Waals surface area (Å²) in [6, 6.07) is 13.9. The molecule has 1 fully saturated rings. The van der Waals surface area contributed by atoms with E-state index in [0.29, 0.717) is 19.5 Å². The Kier molecular flexibility index (Phi) is 6.40. The van der Waals surface area contributed by atoms with E-state index in [0.717, 1.165) is 46.6 Å². The molecule has 0 saturated carbocycles. The first-order valence-electron chi connectivity index (χ1n) is 12.0. The van der Waals surface area contributed by atoms with Crippen LogP contribution in [-0.2, 0) is 29.5 Å². The molecule has 2 aliphatic heterocycles. The largest absolute Gasteiger partial charge is 0.392 e. The van der Waals surface area contributed by atoms with E-state index in [2.05, 4.69) is 33.4 Å². The molecular weight excluding hydrogens is 442 g/mol. The van der Waals surface area contributed by atoms with E-state index in [1.165, 1.54) is 0 Å². The predicted molar refractivity (Wildman–Crippen MR) is 134 cm³/mol. The summed E-state index contributed by atoms with van der Waals surface area (Å²) in [6.07, 6.45) is 4.69. The molecule has 2 aromatic carbocycles. The lowest BCUT2D eigenvalue weighted by molar-refractivity contribution is -0.131. The molecule has 1 aromatic heterocycles. The number of carbonyl (C=O) groups is 2. The SMILES string of the molecule is CN(C(=O)Cc1ccc2c(c1)NC(=O)C2)C(CN1CC[C@H](O)C1)c1cccc(-c2cncn2C)c1. The van der Waals surface area contributed by atoms with E-state index >= 15 is 0 Å². The van der Waals surface area contributed by atoms with Crippen molar-refractivity contribution in [3.8, 4) is 11.3 Å². The van der Waals surface area contributed by atoms with Gasteiger partial charge in [-0.2, -0.15) is 0 Å². The first-order chi connectivity index (χ1) is 16.9. The number of benzene rings is 2. The summed E-state index contributed by atoms with van der Waals surface area (Å²) in [5, 5.41) is 12.9. The van der Waals surface area contributed by atoms with Crippen LogP contribution in [0.5, 0.6) is 0 Å². The van der Waals surface area contributed by atoms with Crippen LogP contribution < -0.4 is 5.32 Å². The van der Waals surface area contributed by atoms with Gasteiger partial charge in [0.15, 0.2) is 0 Å². The Labute approximate surface area is 205 Å². The second kappa shape index (κ2) is 9.64. The second-order valence-electron chi connectivity index (χ2n) is 9.63. The molecular formula is C27H31N5O3. The van der Waals surface area contributed by atoms with Crippen LogP contribution in [0.1, 0.15) is 29.2 Å². The fraction of sp³-hybridized carbons (Fsp3) is 0.370. The highest BCUT2D eigenvalue weighted by molar-refractivity contribution is 5.99. The quantitative estimate of drug-likeness (QED) is 0.550. The third kappa shape index (κ3) is 4.99. The van der Waals surface area contributed by atoms with Gasteiger partial charge in [0.05, 0.1) is 43.2 Å². The van der Waals surface area contributed by atoms with Gasteiger partial charge in [-0.25, -0.2) is 4.98 Å². The molecule has 2 N–H and O–H groups in total. The third-order valence-corrected chi connectivity index (χ3v) is 7.08. The van der Waals surface area contributed by atoms with Gasteiger partial charge in [0.2, 0.25) is 11.8 Å². The topological polar surface area (TPSA) is 90.7 Å². The fourth-order valence-electron chi connectivity index (χ4n) is 5.06. The number of carbonyl (C=O) groups excluding carboxylic acids is 2. The number of aliphatic hydroxyl groups is 1. The standard InChI is InChI=1S/C27H31N5O3/c1-30-17-28-14-24(30)20-4-3-5-21(12-20)25(16-32-9-8-22(33)15-32)31(2)27(35)11-18-6-7-19-13-26(34)29-23(19)10-18/h3-7,10,12,14,17,22,25,33H,8-9,11,13,15-16H2,1-2H3,(H,29,34)/t22-,25?/m0/s1. The summed E-state index contributed by atoms with van der Waals surface area (Å²) >= 11 is 0. The molecule has 2 aliphatic rings. The molecule has 1 unspecified atom stereocenters. The zero-order valence-electron chi connectivity index (χ0n) is 20.1. The second-order valence-corrected chi connectivity index (χ2v) is 9.63.